The normalized spacial score (nSPS) is 14.8. The summed E-state index contributed by atoms with van der Waals surface area (Å²) >= 11 is 1.90. The van der Waals surface area contributed by atoms with Gasteiger partial charge in [0.1, 0.15) is 18.1 Å². The number of benzene rings is 1. The van der Waals surface area contributed by atoms with Crippen molar-refractivity contribution in [2.75, 3.05) is 31.7 Å². The molecule has 0 atom stereocenters. The van der Waals surface area contributed by atoms with E-state index in [-0.39, 0.29) is 5.91 Å². The van der Waals surface area contributed by atoms with E-state index in [0.29, 0.717) is 12.4 Å². The van der Waals surface area contributed by atoms with Crippen LogP contribution < -0.4 is 9.47 Å². The second kappa shape index (κ2) is 10.0. The van der Waals surface area contributed by atoms with Gasteiger partial charge in [-0.2, -0.15) is 11.8 Å². The van der Waals surface area contributed by atoms with E-state index in [1.165, 1.54) is 0 Å². The van der Waals surface area contributed by atoms with E-state index in [9.17, 15) is 4.79 Å². The molecule has 0 bridgehead atoms. The molecule has 1 aromatic heterocycles. The molecule has 1 aliphatic rings. The average Bonchev–Trinajstić information content (AvgIpc) is 3.01. The first-order valence-electron chi connectivity index (χ1n) is 9.02. The molecule has 142 valence electrons. The molecule has 1 aliphatic heterocycles. The van der Waals surface area contributed by atoms with Crippen molar-refractivity contribution >= 4 is 23.7 Å². The van der Waals surface area contributed by atoms with Gasteiger partial charge in [-0.15, -0.1) is 0 Å². The number of carbonyl (C=O) groups is 1. The Labute approximate surface area is 164 Å². The summed E-state index contributed by atoms with van der Waals surface area (Å²) in [6.45, 7) is 1.98. The zero-order valence-corrected chi connectivity index (χ0v) is 16.3. The summed E-state index contributed by atoms with van der Waals surface area (Å²) in [6.07, 6.45) is 6.21. The highest BCUT2D eigenvalue weighted by atomic mass is 32.2. The fraction of sp³-hybridized carbons (Fsp3) is 0.333. The van der Waals surface area contributed by atoms with Gasteiger partial charge < -0.3 is 14.4 Å². The molecule has 1 amide bonds. The van der Waals surface area contributed by atoms with Gasteiger partial charge in [0, 0.05) is 36.7 Å². The van der Waals surface area contributed by atoms with Gasteiger partial charge in [0.05, 0.1) is 12.8 Å². The molecule has 1 aromatic carbocycles. The van der Waals surface area contributed by atoms with Crippen molar-refractivity contribution in [1.82, 2.24) is 9.88 Å². The van der Waals surface area contributed by atoms with E-state index in [1.807, 2.05) is 53.1 Å². The number of rotatable bonds is 6. The van der Waals surface area contributed by atoms with Crippen LogP contribution in [0.5, 0.6) is 11.5 Å². The Kier molecular flexibility index (Phi) is 7.16. The van der Waals surface area contributed by atoms with Crippen molar-refractivity contribution in [3.8, 4) is 11.5 Å². The Morgan fingerprint density at radius 2 is 2.19 bits per heavy atom. The SMILES string of the molecule is COc1ccc(OCc2ccccn2)c(C=CC(=O)N2CCCSCC2)c1. The lowest BCUT2D eigenvalue weighted by atomic mass is 10.1. The second-order valence-corrected chi connectivity index (χ2v) is 7.36. The molecule has 6 heteroatoms. The molecule has 27 heavy (non-hydrogen) atoms. The number of pyridine rings is 1. The zero-order valence-electron chi connectivity index (χ0n) is 15.5. The van der Waals surface area contributed by atoms with Crippen LogP contribution >= 0.6 is 11.8 Å². The van der Waals surface area contributed by atoms with Crippen molar-refractivity contribution in [1.29, 1.82) is 0 Å². The third-order valence-corrected chi connectivity index (χ3v) is 5.31. The minimum absolute atomic E-state index is 0.0380. The lowest BCUT2D eigenvalue weighted by Gasteiger charge is -2.17. The smallest absolute Gasteiger partial charge is 0.246 e. The second-order valence-electron chi connectivity index (χ2n) is 6.14. The first kappa shape index (κ1) is 19.3. The fourth-order valence-electron chi connectivity index (χ4n) is 2.78. The highest BCUT2D eigenvalue weighted by molar-refractivity contribution is 7.99. The number of aromatic nitrogens is 1. The summed E-state index contributed by atoms with van der Waals surface area (Å²) in [6, 6.07) is 11.3. The van der Waals surface area contributed by atoms with Crippen LogP contribution in [0.1, 0.15) is 17.7 Å². The van der Waals surface area contributed by atoms with Gasteiger partial charge in [-0.05, 0) is 48.6 Å². The van der Waals surface area contributed by atoms with Gasteiger partial charge in [-0.25, -0.2) is 0 Å². The molecular weight excluding hydrogens is 360 g/mol. The summed E-state index contributed by atoms with van der Waals surface area (Å²) in [4.78, 5) is 18.7. The van der Waals surface area contributed by atoms with Gasteiger partial charge in [0.25, 0.3) is 0 Å². The molecule has 2 heterocycles. The van der Waals surface area contributed by atoms with E-state index in [2.05, 4.69) is 4.98 Å². The van der Waals surface area contributed by atoms with Gasteiger partial charge in [0.15, 0.2) is 0 Å². The van der Waals surface area contributed by atoms with Crippen molar-refractivity contribution < 1.29 is 14.3 Å². The quantitative estimate of drug-likeness (QED) is 0.712. The van der Waals surface area contributed by atoms with Gasteiger partial charge in [-0.3, -0.25) is 9.78 Å². The minimum atomic E-state index is 0.0380. The van der Waals surface area contributed by atoms with Crippen LogP contribution in [-0.4, -0.2) is 47.5 Å². The molecule has 0 spiro atoms. The zero-order chi connectivity index (χ0) is 18.9. The van der Waals surface area contributed by atoms with E-state index < -0.39 is 0 Å². The molecule has 0 N–H and O–H groups in total. The van der Waals surface area contributed by atoms with Crippen LogP contribution in [0.2, 0.25) is 0 Å². The summed E-state index contributed by atoms with van der Waals surface area (Å²) in [5.74, 6) is 3.57. The molecule has 2 aromatic rings. The van der Waals surface area contributed by atoms with E-state index in [0.717, 1.165) is 48.0 Å². The molecule has 0 unspecified atom stereocenters. The van der Waals surface area contributed by atoms with Gasteiger partial charge >= 0.3 is 0 Å². The Balaban J connectivity index is 1.72. The van der Waals surface area contributed by atoms with Crippen molar-refractivity contribution in [2.45, 2.75) is 13.0 Å². The van der Waals surface area contributed by atoms with Crippen LogP contribution in [0.4, 0.5) is 0 Å². The Bertz CT molecular complexity index is 772. The molecule has 0 radical (unpaired) electrons. The summed E-state index contributed by atoms with van der Waals surface area (Å²) < 4.78 is 11.2. The molecule has 1 fully saturated rings. The third-order valence-electron chi connectivity index (χ3n) is 4.26. The maximum Gasteiger partial charge on any atom is 0.246 e. The number of methoxy groups -OCH3 is 1. The largest absolute Gasteiger partial charge is 0.497 e. The highest BCUT2D eigenvalue weighted by Crippen LogP contribution is 2.26. The van der Waals surface area contributed by atoms with Crippen molar-refractivity contribution in [3.63, 3.8) is 0 Å². The first-order valence-corrected chi connectivity index (χ1v) is 10.2. The monoisotopic (exact) mass is 384 g/mol. The maximum absolute atomic E-state index is 12.5. The Morgan fingerprint density at radius 3 is 3.00 bits per heavy atom. The van der Waals surface area contributed by atoms with Crippen LogP contribution in [0.3, 0.4) is 0 Å². The molecular formula is C21H24N2O3S. The lowest BCUT2D eigenvalue weighted by Crippen LogP contribution is -2.31. The van der Waals surface area contributed by atoms with E-state index in [1.54, 1.807) is 25.5 Å². The molecule has 0 aliphatic carbocycles. The number of nitrogens with zero attached hydrogens (tertiary/aromatic N) is 2. The van der Waals surface area contributed by atoms with Crippen molar-refractivity contribution in [2.24, 2.45) is 0 Å². The predicted molar refractivity (Wildman–Crippen MR) is 109 cm³/mol. The Hall–Kier alpha value is -2.47. The molecule has 1 saturated heterocycles. The number of thioether (sulfide) groups is 1. The highest BCUT2D eigenvalue weighted by Gasteiger charge is 2.13. The number of amides is 1. The Morgan fingerprint density at radius 1 is 1.26 bits per heavy atom. The van der Waals surface area contributed by atoms with Crippen LogP contribution in [0.25, 0.3) is 6.08 Å². The maximum atomic E-state index is 12.5. The average molecular weight is 385 g/mol. The van der Waals surface area contributed by atoms with Crippen molar-refractivity contribution in [3.05, 3.63) is 59.9 Å². The van der Waals surface area contributed by atoms with E-state index >= 15 is 0 Å². The van der Waals surface area contributed by atoms with Gasteiger partial charge in [0.2, 0.25) is 5.91 Å². The number of hydrogen-bond acceptors (Lipinski definition) is 5. The predicted octanol–water partition coefficient (Wildman–Crippen LogP) is 3.65. The third kappa shape index (κ3) is 5.76. The minimum Gasteiger partial charge on any atom is -0.497 e. The fourth-order valence-corrected chi connectivity index (χ4v) is 3.67. The van der Waals surface area contributed by atoms with Gasteiger partial charge in [-0.1, -0.05) is 6.07 Å². The first-order chi connectivity index (χ1) is 13.3. The number of ether oxygens (including phenoxy) is 2. The van der Waals surface area contributed by atoms with E-state index in [4.69, 9.17) is 9.47 Å². The molecule has 0 saturated carbocycles. The lowest BCUT2D eigenvalue weighted by molar-refractivity contribution is -0.125. The number of carbonyl (C=O) groups excluding carboxylic acids is 1. The topological polar surface area (TPSA) is 51.7 Å². The molecule has 3 rings (SSSR count). The summed E-state index contributed by atoms with van der Waals surface area (Å²) in [5.41, 5.74) is 1.66. The summed E-state index contributed by atoms with van der Waals surface area (Å²) in [5, 5.41) is 0. The van der Waals surface area contributed by atoms with Crippen LogP contribution in [0.15, 0.2) is 48.7 Å². The molecule has 5 nitrogen and oxygen atoms in total. The van der Waals surface area contributed by atoms with Crippen LogP contribution in [-0.2, 0) is 11.4 Å². The van der Waals surface area contributed by atoms with Crippen LogP contribution in [0, 0.1) is 0 Å². The number of hydrogen-bond donors (Lipinski definition) is 0. The summed E-state index contributed by atoms with van der Waals surface area (Å²) in [7, 11) is 1.62. The standard InChI is InChI=1S/C21H24N2O3S/c1-25-19-7-8-20(26-16-18-5-2-3-10-22-18)17(15-19)6-9-21(24)23-11-4-13-27-14-12-23/h2-3,5-10,15H,4,11-14,16H2,1H3.